The molecule has 0 spiro atoms. The van der Waals surface area contributed by atoms with Gasteiger partial charge in [-0.1, -0.05) is 12.5 Å². The minimum absolute atomic E-state index is 0.118. The predicted octanol–water partition coefficient (Wildman–Crippen LogP) is 1.97. The Hall–Kier alpha value is -0.300. The molecule has 1 aliphatic rings. The molecule has 0 radical (unpaired) electrons. The Balaban J connectivity index is 2.22. The zero-order valence-corrected chi connectivity index (χ0v) is 6.80. The summed E-state index contributed by atoms with van der Waals surface area (Å²) in [7, 11) is 0. The van der Waals surface area contributed by atoms with Crippen molar-refractivity contribution < 1.29 is 5.11 Å². The van der Waals surface area contributed by atoms with Gasteiger partial charge in [-0.05, 0) is 31.6 Å². The minimum atomic E-state index is -0.118. The number of rotatable bonds is 3. The first-order valence-electron chi connectivity index (χ1n) is 3.93. The molecule has 3 atom stereocenters. The van der Waals surface area contributed by atoms with E-state index in [0.29, 0.717) is 5.92 Å². The van der Waals surface area contributed by atoms with Crippen molar-refractivity contribution in [2.75, 3.05) is 0 Å². The highest BCUT2D eigenvalue weighted by molar-refractivity contribution is 4.97. The fraction of sp³-hybridized carbons (Fsp3) is 0.778. The molecular weight excluding hydrogens is 124 g/mol. The fourth-order valence-corrected chi connectivity index (χ4v) is 1.40. The van der Waals surface area contributed by atoms with E-state index in [1.807, 2.05) is 6.92 Å². The van der Waals surface area contributed by atoms with Crippen molar-refractivity contribution >= 4 is 0 Å². The second-order valence-electron chi connectivity index (χ2n) is 3.61. The van der Waals surface area contributed by atoms with E-state index in [9.17, 15) is 5.11 Å². The van der Waals surface area contributed by atoms with Crippen molar-refractivity contribution in [3.05, 3.63) is 12.2 Å². The van der Waals surface area contributed by atoms with E-state index in [1.165, 1.54) is 6.42 Å². The van der Waals surface area contributed by atoms with E-state index in [4.69, 9.17) is 0 Å². The Morgan fingerprint density at radius 3 is 2.60 bits per heavy atom. The first-order chi connectivity index (χ1) is 4.61. The molecule has 58 valence electrons. The molecule has 0 aromatic rings. The Morgan fingerprint density at radius 2 is 2.30 bits per heavy atom. The Bertz CT molecular complexity index is 140. The maximum atomic E-state index is 9.47. The van der Waals surface area contributed by atoms with Crippen molar-refractivity contribution in [3.8, 4) is 0 Å². The molecule has 0 aliphatic heterocycles. The molecule has 1 rings (SSSR count). The summed E-state index contributed by atoms with van der Waals surface area (Å²) < 4.78 is 0. The number of hydrogen-bond acceptors (Lipinski definition) is 1. The van der Waals surface area contributed by atoms with Crippen molar-refractivity contribution in [2.45, 2.75) is 32.8 Å². The van der Waals surface area contributed by atoms with Gasteiger partial charge in [0.05, 0.1) is 6.10 Å². The highest BCUT2D eigenvalue weighted by atomic mass is 16.3. The smallest absolute Gasteiger partial charge is 0.0607 e. The molecule has 0 amide bonds. The van der Waals surface area contributed by atoms with Crippen LogP contribution in [0.1, 0.15) is 26.7 Å². The maximum absolute atomic E-state index is 9.47. The summed E-state index contributed by atoms with van der Waals surface area (Å²) in [5, 5.41) is 9.47. The third-order valence-corrected chi connectivity index (χ3v) is 2.22. The quantitative estimate of drug-likeness (QED) is 0.594. The van der Waals surface area contributed by atoms with Gasteiger partial charge >= 0.3 is 0 Å². The van der Waals surface area contributed by atoms with E-state index in [-0.39, 0.29) is 6.10 Å². The first kappa shape index (κ1) is 7.80. The number of aliphatic hydroxyl groups is 1. The van der Waals surface area contributed by atoms with Gasteiger partial charge in [0, 0.05) is 0 Å². The lowest BCUT2D eigenvalue weighted by Crippen LogP contribution is -2.10. The lowest BCUT2D eigenvalue weighted by atomic mass is 10.1. The van der Waals surface area contributed by atoms with Crippen LogP contribution < -0.4 is 0 Å². The van der Waals surface area contributed by atoms with Crippen molar-refractivity contribution in [2.24, 2.45) is 11.8 Å². The van der Waals surface area contributed by atoms with Gasteiger partial charge < -0.3 is 5.11 Å². The van der Waals surface area contributed by atoms with Crippen LogP contribution in [0.2, 0.25) is 0 Å². The molecule has 0 aromatic carbocycles. The van der Waals surface area contributed by atoms with E-state index in [0.717, 1.165) is 17.9 Å². The van der Waals surface area contributed by atoms with Crippen LogP contribution >= 0.6 is 0 Å². The molecule has 10 heavy (non-hydrogen) atoms. The van der Waals surface area contributed by atoms with Crippen molar-refractivity contribution in [1.29, 1.82) is 0 Å². The Labute approximate surface area is 62.8 Å². The molecule has 1 heteroatoms. The third-order valence-electron chi connectivity index (χ3n) is 2.22. The highest BCUT2D eigenvalue weighted by Gasteiger charge is 2.38. The van der Waals surface area contributed by atoms with E-state index in [1.54, 1.807) is 0 Å². The average molecular weight is 140 g/mol. The molecule has 1 N–H and O–H groups in total. The molecule has 1 aliphatic carbocycles. The Kier molecular flexibility index (Phi) is 2.14. The first-order valence-corrected chi connectivity index (χ1v) is 3.93. The minimum Gasteiger partial charge on any atom is -0.392 e. The molecule has 0 heterocycles. The van der Waals surface area contributed by atoms with Gasteiger partial charge in [-0.3, -0.25) is 0 Å². The summed E-state index contributed by atoms with van der Waals surface area (Å²) in [5.41, 5.74) is 1.09. The van der Waals surface area contributed by atoms with Crippen LogP contribution in [0.15, 0.2) is 12.2 Å². The topological polar surface area (TPSA) is 20.2 Å². The monoisotopic (exact) mass is 140 g/mol. The molecular formula is C9H16O. The summed E-state index contributed by atoms with van der Waals surface area (Å²) in [5.74, 6) is 1.31. The van der Waals surface area contributed by atoms with Crippen molar-refractivity contribution in [3.63, 3.8) is 0 Å². The van der Waals surface area contributed by atoms with E-state index >= 15 is 0 Å². The Morgan fingerprint density at radius 1 is 1.80 bits per heavy atom. The van der Waals surface area contributed by atoms with Gasteiger partial charge in [0.1, 0.15) is 0 Å². The standard InChI is InChI=1S/C9H16O/c1-6(2)4-9(10)8-5-7(8)3/h7-10H,1,4-5H2,2-3H3. The number of hydrogen-bond donors (Lipinski definition) is 1. The van der Waals surface area contributed by atoms with Gasteiger partial charge in [0.25, 0.3) is 0 Å². The lowest BCUT2D eigenvalue weighted by Gasteiger charge is -2.07. The molecule has 1 nitrogen and oxygen atoms in total. The summed E-state index contributed by atoms with van der Waals surface area (Å²) in [6.07, 6.45) is 1.87. The normalized spacial score (nSPS) is 33.5. The largest absolute Gasteiger partial charge is 0.392 e. The SMILES string of the molecule is C=C(C)CC(O)C1CC1C. The van der Waals surface area contributed by atoms with Gasteiger partial charge in [-0.2, -0.15) is 0 Å². The fourth-order valence-electron chi connectivity index (χ4n) is 1.40. The van der Waals surface area contributed by atoms with Crippen LogP contribution in [0.3, 0.4) is 0 Å². The van der Waals surface area contributed by atoms with Crippen LogP contribution in [-0.4, -0.2) is 11.2 Å². The van der Waals surface area contributed by atoms with Crippen LogP contribution in [0.25, 0.3) is 0 Å². The van der Waals surface area contributed by atoms with Gasteiger partial charge in [-0.15, -0.1) is 6.58 Å². The van der Waals surface area contributed by atoms with Gasteiger partial charge in [-0.25, -0.2) is 0 Å². The zero-order chi connectivity index (χ0) is 7.72. The highest BCUT2D eigenvalue weighted by Crippen LogP contribution is 2.41. The molecule has 1 saturated carbocycles. The second-order valence-corrected chi connectivity index (χ2v) is 3.61. The van der Waals surface area contributed by atoms with Crippen LogP contribution in [0, 0.1) is 11.8 Å². The zero-order valence-electron chi connectivity index (χ0n) is 6.80. The summed E-state index contributed by atoms with van der Waals surface area (Å²) in [6.45, 7) is 7.93. The predicted molar refractivity (Wildman–Crippen MR) is 42.7 cm³/mol. The van der Waals surface area contributed by atoms with Gasteiger partial charge in [0.15, 0.2) is 0 Å². The second kappa shape index (κ2) is 2.75. The van der Waals surface area contributed by atoms with Crippen LogP contribution in [0.4, 0.5) is 0 Å². The molecule has 3 unspecified atom stereocenters. The molecule has 0 aromatic heterocycles. The summed E-state index contributed by atoms with van der Waals surface area (Å²) in [4.78, 5) is 0. The molecule has 0 bridgehead atoms. The molecule has 0 saturated heterocycles. The third kappa shape index (κ3) is 1.84. The average Bonchev–Trinajstić information content (AvgIpc) is 2.44. The summed E-state index contributed by atoms with van der Waals surface area (Å²) >= 11 is 0. The van der Waals surface area contributed by atoms with Crippen molar-refractivity contribution in [1.82, 2.24) is 0 Å². The van der Waals surface area contributed by atoms with E-state index in [2.05, 4.69) is 13.5 Å². The maximum Gasteiger partial charge on any atom is 0.0607 e. The summed E-state index contributed by atoms with van der Waals surface area (Å²) in [6, 6.07) is 0. The van der Waals surface area contributed by atoms with Crippen LogP contribution in [-0.2, 0) is 0 Å². The molecule has 1 fully saturated rings. The number of aliphatic hydroxyl groups excluding tert-OH is 1. The van der Waals surface area contributed by atoms with Gasteiger partial charge in [0.2, 0.25) is 0 Å². The van der Waals surface area contributed by atoms with E-state index < -0.39 is 0 Å². The lowest BCUT2D eigenvalue weighted by molar-refractivity contribution is 0.146. The van der Waals surface area contributed by atoms with Crippen LogP contribution in [0.5, 0.6) is 0 Å².